The molecular weight excluding hydrogens is 291 g/mol. The summed E-state index contributed by atoms with van der Waals surface area (Å²) in [6, 6.07) is 7.33. The van der Waals surface area contributed by atoms with Crippen molar-refractivity contribution in [1.82, 2.24) is 0 Å². The Morgan fingerprint density at radius 1 is 1.13 bits per heavy atom. The number of hydrogen-bond donors (Lipinski definition) is 0. The van der Waals surface area contributed by atoms with E-state index in [4.69, 9.17) is 14.0 Å². The van der Waals surface area contributed by atoms with E-state index in [9.17, 15) is 4.79 Å². The molecule has 0 unspecified atom stereocenters. The van der Waals surface area contributed by atoms with E-state index < -0.39 is 7.12 Å². The lowest BCUT2D eigenvalue weighted by Crippen LogP contribution is -2.50. The lowest BCUT2D eigenvalue weighted by Gasteiger charge is -2.42. The minimum Gasteiger partial charge on any atom is -0.427 e. The molecule has 4 nitrogen and oxygen atoms in total. The zero-order valence-electron chi connectivity index (χ0n) is 14.8. The molecule has 0 atom stereocenters. The van der Waals surface area contributed by atoms with Gasteiger partial charge in [-0.05, 0) is 49.7 Å². The quantitative estimate of drug-likeness (QED) is 0.477. The van der Waals surface area contributed by atoms with Gasteiger partial charge in [-0.3, -0.25) is 4.79 Å². The highest BCUT2D eigenvalue weighted by molar-refractivity contribution is 6.61. The van der Waals surface area contributed by atoms with Crippen LogP contribution in [0.3, 0.4) is 0 Å². The average Bonchev–Trinajstić information content (AvgIpc) is 2.49. The third-order valence-corrected chi connectivity index (χ3v) is 4.91. The molecular formula is C18H27BO4. The van der Waals surface area contributed by atoms with Crippen molar-refractivity contribution in [2.45, 2.75) is 59.5 Å². The smallest absolute Gasteiger partial charge is 0.427 e. The predicted octanol–water partition coefficient (Wildman–Crippen LogP) is 3.33. The van der Waals surface area contributed by atoms with Gasteiger partial charge in [-0.15, -0.1) is 0 Å². The molecule has 1 fully saturated rings. The molecule has 0 N–H and O–H groups in total. The van der Waals surface area contributed by atoms with Crippen LogP contribution in [0.1, 0.15) is 53.9 Å². The number of benzene rings is 1. The van der Waals surface area contributed by atoms with E-state index in [0.29, 0.717) is 12.4 Å². The normalized spacial score (nSPS) is 21.0. The van der Waals surface area contributed by atoms with Crippen molar-refractivity contribution in [3.05, 3.63) is 24.3 Å². The summed E-state index contributed by atoms with van der Waals surface area (Å²) in [5, 5.41) is 0. The largest absolute Gasteiger partial charge is 0.494 e. The lowest BCUT2D eigenvalue weighted by atomic mass is 9.70. The molecule has 1 saturated heterocycles. The maximum Gasteiger partial charge on any atom is 0.494 e. The Kier molecular flexibility index (Phi) is 5.53. The van der Waals surface area contributed by atoms with E-state index in [0.717, 1.165) is 24.7 Å². The summed E-state index contributed by atoms with van der Waals surface area (Å²) >= 11 is 0. The Bertz CT molecular complexity index is 536. The highest BCUT2D eigenvalue weighted by Crippen LogP contribution is 2.39. The molecule has 23 heavy (non-hydrogen) atoms. The first-order valence-electron chi connectivity index (χ1n) is 8.29. The molecule has 0 radical (unpaired) electrons. The summed E-state index contributed by atoms with van der Waals surface area (Å²) in [6.45, 7) is 10.8. The Morgan fingerprint density at radius 3 is 2.39 bits per heavy atom. The first kappa shape index (κ1) is 18.0. The predicted molar refractivity (Wildman–Crippen MR) is 91.9 cm³/mol. The van der Waals surface area contributed by atoms with Gasteiger partial charge in [0.15, 0.2) is 0 Å². The van der Waals surface area contributed by atoms with Crippen molar-refractivity contribution in [3.8, 4) is 5.75 Å². The van der Waals surface area contributed by atoms with Gasteiger partial charge < -0.3 is 14.0 Å². The second kappa shape index (κ2) is 7.06. The van der Waals surface area contributed by atoms with E-state index in [1.807, 2.05) is 12.1 Å². The van der Waals surface area contributed by atoms with Crippen molar-refractivity contribution < 1.29 is 18.8 Å². The summed E-state index contributed by atoms with van der Waals surface area (Å²) in [7, 11) is -0.409. The van der Waals surface area contributed by atoms with Crippen LogP contribution in [0.15, 0.2) is 24.3 Å². The molecule has 1 aromatic rings. The fourth-order valence-electron chi connectivity index (χ4n) is 2.64. The van der Waals surface area contributed by atoms with E-state index in [1.165, 1.54) is 6.92 Å². The van der Waals surface area contributed by atoms with Gasteiger partial charge in [-0.25, -0.2) is 0 Å². The summed E-state index contributed by atoms with van der Waals surface area (Å²) < 4.78 is 17.4. The number of rotatable bonds is 2. The van der Waals surface area contributed by atoms with E-state index >= 15 is 0 Å². The third-order valence-electron chi connectivity index (χ3n) is 4.91. The van der Waals surface area contributed by atoms with Gasteiger partial charge in [0, 0.05) is 13.5 Å². The SMILES string of the molecule is CC(=O)Oc1ccc(B2OCCCCC(C)(C)C(C)(C)O2)cc1. The highest BCUT2D eigenvalue weighted by atomic mass is 16.6. The van der Waals surface area contributed by atoms with E-state index in [1.54, 1.807) is 12.1 Å². The summed E-state index contributed by atoms with van der Waals surface area (Å²) in [4.78, 5) is 11.0. The fourth-order valence-corrected chi connectivity index (χ4v) is 2.64. The zero-order chi connectivity index (χ0) is 17.1. The summed E-state index contributed by atoms with van der Waals surface area (Å²) in [5.41, 5.74) is 0.694. The van der Waals surface area contributed by atoms with Gasteiger partial charge in [0.2, 0.25) is 0 Å². The molecule has 0 amide bonds. The van der Waals surface area contributed by atoms with Gasteiger partial charge in [0.25, 0.3) is 0 Å². The fraction of sp³-hybridized carbons (Fsp3) is 0.611. The lowest BCUT2D eigenvalue weighted by molar-refractivity contribution is -0.131. The van der Waals surface area contributed by atoms with Crippen LogP contribution in [0.25, 0.3) is 0 Å². The maximum atomic E-state index is 11.0. The number of carbonyl (C=O) groups is 1. The van der Waals surface area contributed by atoms with Crippen LogP contribution in [-0.2, 0) is 14.1 Å². The number of esters is 1. The zero-order valence-corrected chi connectivity index (χ0v) is 14.8. The Balaban J connectivity index is 2.20. The first-order chi connectivity index (χ1) is 10.7. The van der Waals surface area contributed by atoms with Gasteiger partial charge in [0.1, 0.15) is 5.75 Å². The number of hydrogen-bond acceptors (Lipinski definition) is 4. The molecule has 1 aromatic carbocycles. The highest BCUT2D eigenvalue weighted by Gasteiger charge is 2.42. The minimum atomic E-state index is -0.409. The Labute approximate surface area is 139 Å². The van der Waals surface area contributed by atoms with Crippen LogP contribution in [0.2, 0.25) is 0 Å². The molecule has 0 spiro atoms. The van der Waals surface area contributed by atoms with Gasteiger partial charge in [0.05, 0.1) is 5.60 Å². The molecule has 1 aliphatic rings. The Hall–Kier alpha value is -1.33. The van der Waals surface area contributed by atoms with Crippen LogP contribution in [-0.4, -0.2) is 25.3 Å². The second-order valence-electron chi connectivity index (χ2n) is 7.33. The van der Waals surface area contributed by atoms with Crippen molar-refractivity contribution in [2.75, 3.05) is 6.61 Å². The number of carbonyl (C=O) groups excluding carboxylic acids is 1. The molecule has 1 aliphatic heterocycles. The summed E-state index contributed by atoms with van der Waals surface area (Å²) in [5.74, 6) is 0.208. The van der Waals surface area contributed by atoms with Crippen molar-refractivity contribution in [3.63, 3.8) is 0 Å². The molecule has 0 saturated carbocycles. The topological polar surface area (TPSA) is 44.8 Å². The van der Waals surface area contributed by atoms with Crippen LogP contribution >= 0.6 is 0 Å². The van der Waals surface area contributed by atoms with Crippen molar-refractivity contribution in [2.24, 2.45) is 5.41 Å². The van der Waals surface area contributed by atoms with Crippen LogP contribution < -0.4 is 10.2 Å². The van der Waals surface area contributed by atoms with Crippen LogP contribution in [0.5, 0.6) is 5.75 Å². The minimum absolute atomic E-state index is 0.0661. The van der Waals surface area contributed by atoms with Gasteiger partial charge >= 0.3 is 13.1 Å². The average molecular weight is 318 g/mol. The molecule has 0 bridgehead atoms. The van der Waals surface area contributed by atoms with E-state index in [2.05, 4.69) is 27.7 Å². The van der Waals surface area contributed by atoms with Crippen molar-refractivity contribution in [1.29, 1.82) is 0 Å². The summed E-state index contributed by atoms with van der Waals surface area (Å²) in [6.07, 6.45) is 3.28. The molecule has 0 aromatic heterocycles. The van der Waals surface area contributed by atoms with Crippen LogP contribution in [0.4, 0.5) is 0 Å². The van der Waals surface area contributed by atoms with Crippen molar-refractivity contribution >= 4 is 18.6 Å². The molecule has 5 heteroatoms. The molecule has 0 aliphatic carbocycles. The first-order valence-corrected chi connectivity index (χ1v) is 8.29. The third kappa shape index (κ3) is 4.58. The second-order valence-corrected chi connectivity index (χ2v) is 7.33. The molecule has 126 valence electrons. The molecule has 2 rings (SSSR count). The maximum absolute atomic E-state index is 11.0. The van der Waals surface area contributed by atoms with E-state index in [-0.39, 0.29) is 17.0 Å². The Morgan fingerprint density at radius 2 is 1.78 bits per heavy atom. The molecule has 1 heterocycles. The monoisotopic (exact) mass is 318 g/mol. The van der Waals surface area contributed by atoms with Gasteiger partial charge in [-0.1, -0.05) is 32.4 Å². The van der Waals surface area contributed by atoms with Crippen LogP contribution in [0, 0.1) is 5.41 Å². The standard InChI is InChI=1S/C18H27BO4/c1-14(20)22-16-10-8-15(9-11-16)19-21-13-7-6-12-17(2,3)18(4,5)23-19/h8-11H,6-7,12-13H2,1-5H3. The number of ether oxygens (including phenoxy) is 1. The van der Waals surface area contributed by atoms with Gasteiger partial charge in [-0.2, -0.15) is 0 Å².